The van der Waals surface area contributed by atoms with Crippen LogP contribution in [0.4, 0.5) is 0 Å². The van der Waals surface area contributed by atoms with Gasteiger partial charge < -0.3 is 9.84 Å². The van der Waals surface area contributed by atoms with Gasteiger partial charge in [0.25, 0.3) is 0 Å². The van der Waals surface area contributed by atoms with Crippen LogP contribution in [0, 0.1) is 6.92 Å². The van der Waals surface area contributed by atoms with E-state index in [9.17, 15) is 0 Å². The Hall–Kier alpha value is -1.33. The van der Waals surface area contributed by atoms with Gasteiger partial charge in [-0.05, 0) is 38.4 Å². The molecule has 0 bridgehead atoms. The zero-order valence-electron chi connectivity index (χ0n) is 10.9. The fourth-order valence-electron chi connectivity index (χ4n) is 2.15. The third-order valence-corrected chi connectivity index (χ3v) is 4.24. The molecular weight excluding hydrogens is 258 g/mol. The molecule has 0 spiro atoms. The van der Waals surface area contributed by atoms with Gasteiger partial charge in [0.05, 0.1) is 11.8 Å². The van der Waals surface area contributed by atoms with E-state index in [4.69, 9.17) is 4.52 Å². The first kappa shape index (κ1) is 12.7. The van der Waals surface area contributed by atoms with Crippen molar-refractivity contribution in [1.29, 1.82) is 0 Å². The van der Waals surface area contributed by atoms with Crippen molar-refractivity contribution >= 4 is 11.8 Å². The van der Waals surface area contributed by atoms with Crippen molar-refractivity contribution in [2.75, 3.05) is 6.54 Å². The molecule has 19 heavy (non-hydrogen) atoms. The maximum absolute atomic E-state index is 5.32. The molecule has 3 rings (SSSR count). The number of thioether (sulfide) groups is 1. The van der Waals surface area contributed by atoms with Gasteiger partial charge in [0.15, 0.2) is 5.82 Å². The minimum atomic E-state index is 0.255. The maximum atomic E-state index is 5.32. The normalized spacial score (nSPS) is 18.9. The molecule has 0 amide bonds. The van der Waals surface area contributed by atoms with Crippen LogP contribution < -0.4 is 5.32 Å². The van der Waals surface area contributed by atoms with Crippen molar-refractivity contribution in [1.82, 2.24) is 15.5 Å². The van der Waals surface area contributed by atoms with Gasteiger partial charge in [-0.1, -0.05) is 22.9 Å². The number of aryl methyl sites for hydroxylation is 1. The molecule has 1 aromatic carbocycles. The molecule has 0 saturated carbocycles. The van der Waals surface area contributed by atoms with Gasteiger partial charge in [-0.25, -0.2) is 0 Å². The Labute approximate surface area is 117 Å². The van der Waals surface area contributed by atoms with Crippen LogP contribution >= 0.6 is 11.8 Å². The fourth-order valence-corrected chi connectivity index (χ4v) is 2.89. The van der Waals surface area contributed by atoms with Crippen molar-refractivity contribution < 1.29 is 4.52 Å². The summed E-state index contributed by atoms with van der Waals surface area (Å²) in [4.78, 5) is 5.70. The number of rotatable bonds is 4. The van der Waals surface area contributed by atoms with Crippen molar-refractivity contribution in [3.05, 3.63) is 41.5 Å². The van der Waals surface area contributed by atoms with Crippen LogP contribution in [0.5, 0.6) is 0 Å². The number of aromatic nitrogens is 2. The van der Waals surface area contributed by atoms with Crippen LogP contribution in [0.25, 0.3) is 0 Å². The highest BCUT2D eigenvalue weighted by Crippen LogP contribution is 2.24. The fraction of sp³-hybridized carbons (Fsp3) is 0.429. The lowest BCUT2D eigenvalue weighted by Crippen LogP contribution is -2.13. The molecule has 1 aliphatic heterocycles. The summed E-state index contributed by atoms with van der Waals surface area (Å²) >= 11 is 1.73. The molecule has 0 radical (unpaired) electrons. The van der Waals surface area contributed by atoms with Crippen molar-refractivity contribution in [3.8, 4) is 0 Å². The van der Waals surface area contributed by atoms with E-state index in [-0.39, 0.29) is 6.04 Å². The molecule has 1 saturated heterocycles. The van der Waals surface area contributed by atoms with Gasteiger partial charge in [-0.3, -0.25) is 0 Å². The summed E-state index contributed by atoms with van der Waals surface area (Å²) in [6, 6.07) is 8.74. The monoisotopic (exact) mass is 275 g/mol. The highest BCUT2D eigenvalue weighted by atomic mass is 32.2. The second-order valence-corrected chi connectivity index (χ2v) is 5.85. The van der Waals surface area contributed by atoms with Crippen LogP contribution in [0.3, 0.4) is 0 Å². The number of hydrogen-bond acceptors (Lipinski definition) is 5. The van der Waals surface area contributed by atoms with E-state index in [0.717, 1.165) is 30.4 Å². The second-order valence-electron chi connectivity index (χ2n) is 4.80. The van der Waals surface area contributed by atoms with Gasteiger partial charge >= 0.3 is 0 Å². The van der Waals surface area contributed by atoms with Crippen LogP contribution in [-0.4, -0.2) is 16.7 Å². The Morgan fingerprint density at radius 2 is 2.21 bits per heavy atom. The molecule has 100 valence electrons. The van der Waals surface area contributed by atoms with E-state index in [2.05, 4.69) is 46.6 Å². The van der Waals surface area contributed by atoms with Crippen LogP contribution in [0.2, 0.25) is 0 Å². The first-order chi connectivity index (χ1) is 9.31. The third-order valence-electron chi connectivity index (χ3n) is 3.23. The van der Waals surface area contributed by atoms with Crippen LogP contribution in [0.15, 0.2) is 33.7 Å². The van der Waals surface area contributed by atoms with Crippen molar-refractivity contribution in [3.63, 3.8) is 0 Å². The first-order valence-electron chi connectivity index (χ1n) is 6.56. The summed E-state index contributed by atoms with van der Waals surface area (Å²) in [5, 5.41) is 7.41. The molecule has 2 aromatic rings. The van der Waals surface area contributed by atoms with E-state index in [1.54, 1.807) is 11.8 Å². The minimum Gasteiger partial charge on any atom is -0.338 e. The highest BCUT2D eigenvalue weighted by molar-refractivity contribution is 7.98. The zero-order valence-corrected chi connectivity index (χ0v) is 11.7. The average Bonchev–Trinajstić information content (AvgIpc) is 3.09. The van der Waals surface area contributed by atoms with Gasteiger partial charge in [0.2, 0.25) is 5.89 Å². The standard InChI is InChI=1S/C14H17N3OS/c1-10-4-6-11(7-5-10)19-9-13-16-14(18-17-13)12-3-2-8-15-12/h4-7,12,15H,2-3,8-9H2,1H3/t12-/m0/s1. The Balaban J connectivity index is 1.59. The Bertz CT molecular complexity index is 532. The van der Waals surface area contributed by atoms with Gasteiger partial charge in [-0.2, -0.15) is 4.98 Å². The molecule has 1 fully saturated rings. The molecule has 0 aliphatic carbocycles. The van der Waals surface area contributed by atoms with E-state index in [1.165, 1.54) is 16.9 Å². The topological polar surface area (TPSA) is 51.0 Å². The highest BCUT2D eigenvalue weighted by Gasteiger charge is 2.22. The Kier molecular flexibility index (Phi) is 3.84. The Morgan fingerprint density at radius 1 is 1.37 bits per heavy atom. The van der Waals surface area contributed by atoms with Gasteiger partial charge in [0, 0.05) is 4.90 Å². The molecule has 1 atom stereocenters. The summed E-state index contributed by atoms with van der Waals surface area (Å²) in [5.41, 5.74) is 1.28. The SMILES string of the molecule is Cc1ccc(SCc2noc([C@@H]3CCCN3)n2)cc1. The second kappa shape index (κ2) is 5.75. The predicted octanol–water partition coefficient (Wildman–Crippen LogP) is 3.09. The number of nitrogens with one attached hydrogen (secondary N) is 1. The van der Waals surface area contributed by atoms with E-state index in [0.29, 0.717) is 0 Å². The molecule has 1 aromatic heterocycles. The van der Waals surface area contributed by atoms with Gasteiger partial charge in [0.1, 0.15) is 0 Å². The average molecular weight is 275 g/mol. The molecule has 5 heteroatoms. The summed E-state index contributed by atoms with van der Waals surface area (Å²) < 4.78 is 5.32. The summed E-state index contributed by atoms with van der Waals surface area (Å²) in [5.74, 6) is 2.26. The van der Waals surface area contributed by atoms with E-state index < -0.39 is 0 Å². The lowest BCUT2D eigenvalue weighted by molar-refractivity contribution is 0.342. The van der Waals surface area contributed by atoms with Crippen LogP contribution in [-0.2, 0) is 5.75 Å². The minimum absolute atomic E-state index is 0.255. The van der Waals surface area contributed by atoms with E-state index in [1.807, 2.05) is 0 Å². The lowest BCUT2D eigenvalue weighted by atomic mass is 10.2. The van der Waals surface area contributed by atoms with Crippen LogP contribution in [0.1, 0.15) is 36.2 Å². The molecule has 2 heterocycles. The quantitative estimate of drug-likeness (QED) is 0.869. The number of nitrogens with zero attached hydrogens (tertiary/aromatic N) is 2. The van der Waals surface area contributed by atoms with Crippen molar-refractivity contribution in [2.24, 2.45) is 0 Å². The summed E-state index contributed by atoms with van der Waals surface area (Å²) in [7, 11) is 0. The number of benzene rings is 1. The zero-order chi connectivity index (χ0) is 13.1. The lowest BCUT2D eigenvalue weighted by Gasteiger charge is -2.01. The van der Waals surface area contributed by atoms with E-state index >= 15 is 0 Å². The third kappa shape index (κ3) is 3.16. The predicted molar refractivity (Wildman–Crippen MR) is 75.0 cm³/mol. The summed E-state index contributed by atoms with van der Waals surface area (Å²) in [6.45, 7) is 3.13. The number of hydrogen-bond donors (Lipinski definition) is 1. The molecule has 1 aliphatic rings. The molecule has 1 N–H and O–H groups in total. The largest absolute Gasteiger partial charge is 0.338 e. The smallest absolute Gasteiger partial charge is 0.243 e. The first-order valence-corrected chi connectivity index (χ1v) is 7.55. The molecule has 4 nitrogen and oxygen atoms in total. The molecule has 0 unspecified atom stereocenters. The van der Waals surface area contributed by atoms with Gasteiger partial charge in [-0.15, -0.1) is 11.8 Å². The maximum Gasteiger partial charge on any atom is 0.243 e. The van der Waals surface area contributed by atoms with Crippen molar-refractivity contribution in [2.45, 2.75) is 36.5 Å². The molecular formula is C14H17N3OS. The Morgan fingerprint density at radius 3 is 2.95 bits per heavy atom. The summed E-state index contributed by atoms with van der Waals surface area (Å²) in [6.07, 6.45) is 2.27.